The van der Waals surface area contributed by atoms with Gasteiger partial charge in [-0.1, -0.05) is 28.1 Å². The minimum atomic E-state index is -0.510. The normalized spacial score (nSPS) is 12.5. The van der Waals surface area contributed by atoms with Gasteiger partial charge in [-0.25, -0.2) is 0 Å². The number of ether oxygens (including phenoxy) is 1. The van der Waals surface area contributed by atoms with E-state index < -0.39 is 11.6 Å². The Morgan fingerprint density at radius 1 is 0.815 bits per heavy atom. The molecule has 1 aliphatic rings. The molecule has 0 heterocycles. The first kappa shape index (κ1) is 17.3. The van der Waals surface area contributed by atoms with Crippen LogP contribution >= 0.6 is 15.9 Å². The molecule has 0 amide bonds. The van der Waals surface area contributed by atoms with Crippen molar-refractivity contribution in [2.45, 2.75) is 0 Å². The van der Waals surface area contributed by atoms with Crippen LogP contribution in [0.4, 0.5) is 0 Å². The number of phenolic OH excluding ortho intramolecular Hbond substituents is 2. The van der Waals surface area contributed by atoms with E-state index in [1.165, 1.54) is 18.2 Å². The molecule has 134 valence electrons. The minimum Gasteiger partial charge on any atom is -0.507 e. The van der Waals surface area contributed by atoms with Crippen LogP contribution in [0, 0.1) is 0 Å². The first-order chi connectivity index (χ1) is 12.9. The number of ketones is 2. The van der Waals surface area contributed by atoms with Crippen LogP contribution in [0.1, 0.15) is 31.8 Å². The van der Waals surface area contributed by atoms with Gasteiger partial charge in [-0.3, -0.25) is 9.59 Å². The van der Waals surface area contributed by atoms with Gasteiger partial charge in [0.1, 0.15) is 17.2 Å². The zero-order valence-electron chi connectivity index (χ0n) is 14.1. The van der Waals surface area contributed by atoms with Gasteiger partial charge in [-0.15, -0.1) is 0 Å². The molecule has 3 aromatic rings. The molecule has 0 bridgehead atoms. The highest BCUT2D eigenvalue weighted by Crippen LogP contribution is 2.42. The zero-order valence-corrected chi connectivity index (χ0v) is 15.7. The maximum absolute atomic E-state index is 13.0. The Kier molecular flexibility index (Phi) is 4.00. The van der Waals surface area contributed by atoms with Crippen LogP contribution in [0.3, 0.4) is 0 Å². The number of hydrogen-bond acceptors (Lipinski definition) is 5. The van der Waals surface area contributed by atoms with Gasteiger partial charge >= 0.3 is 0 Å². The lowest BCUT2D eigenvalue weighted by Gasteiger charge is -2.21. The highest BCUT2D eigenvalue weighted by atomic mass is 79.9. The van der Waals surface area contributed by atoms with Crippen molar-refractivity contribution in [3.8, 4) is 28.4 Å². The fourth-order valence-corrected chi connectivity index (χ4v) is 3.74. The second kappa shape index (κ2) is 6.25. The Morgan fingerprint density at radius 2 is 1.44 bits per heavy atom. The standard InChI is InChI=1S/C21H13BrO5/c1-27-12-4-2-10(3-5-12)13-6-7-14-18(19(13)24)21(26)15-8-11(22)9-16(23)17(15)20(14)25/h2-9,23-24H,1H3. The molecule has 4 rings (SSSR count). The molecule has 0 atom stereocenters. The molecule has 0 aliphatic heterocycles. The quantitative estimate of drug-likeness (QED) is 0.500. The van der Waals surface area contributed by atoms with E-state index in [4.69, 9.17) is 4.74 Å². The van der Waals surface area contributed by atoms with Crippen molar-refractivity contribution in [2.24, 2.45) is 0 Å². The smallest absolute Gasteiger partial charge is 0.198 e. The first-order valence-corrected chi connectivity index (χ1v) is 8.84. The zero-order chi connectivity index (χ0) is 19.3. The number of aromatic hydroxyl groups is 2. The van der Waals surface area contributed by atoms with E-state index in [1.807, 2.05) is 0 Å². The maximum atomic E-state index is 13.0. The molecule has 0 aromatic heterocycles. The average Bonchev–Trinajstić information content (AvgIpc) is 2.65. The molecule has 5 nitrogen and oxygen atoms in total. The van der Waals surface area contributed by atoms with Crippen molar-refractivity contribution in [3.05, 3.63) is 75.3 Å². The van der Waals surface area contributed by atoms with Crippen molar-refractivity contribution in [2.75, 3.05) is 7.11 Å². The topological polar surface area (TPSA) is 83.8 Å². The summed E-state index contributed by atoms with van der Waals surface area (Å²) in [6.45, 7) is 0. The average molecular weight is 425 g/mol. The maximum Gasteiger partial charge on any atom is 0.198 e. The van der Waals surface area contributed by atoms with E-state index in [9.17, 15) is 19.8 Å². The molecule has 2 N–H and O–H groups in total. The number of rotatable bonds is 2. The van der Waals surface area contributed by atoms with E-state index in [-0.39, 0.29) is 33.8 Å². The number of methoxy groups -OCH3 is 1. The lowest BCUT2D eigenvalue weighted by atomic mass is 9.81. The molecule has 1 aliphatic carbocycles. The summed E-state index contributed by atoms with van der Waals surface area (Å²) in [5.41, 5.74) is 1.13. The molecule has 0 spiro atoms. The van der Waals surface area contributed by atoms with E-state index in [1.54, 1.807) is 37.4 Å². The molecule has 6 heteroatoms. The predicted molar refractivity (Wildman–Crippen MR) is 103 cm³/mol. The Bertz CT molecular complexity index is 1120. The molecule has 0 unspecified atom stereocenters. The number of phenols is 2. The van der Waals surface area contributed by atoms with Gasteiger partial charge in [0.05, 0.1) is 18.2 Å². The van der Waals surface area contributed by atoms with Crippen LogP contribution in [0.25, 0.3) is 11.1 Å². The van der Waals surface area contributed by atoms with E-state index in [2.05, 4.69) is 15.9 Å². The van der Waals surface area contributed by atoms with Crippen LogP contribution in [-0.2, 0) is 0 Å². The summed E-state index contributed by atoms with van der Waals surface area (Å²) in [7, 11) is 1.56. The summed E-state index contributed by atoms with van der Waals surface area (Å²) >= 11 is 3.21. The van der Waals surface area contributed by atoms with E-state index in [0.717, 1.165) is 0 Å². The molecule has 0 radical (unpaired) electrons. The van der Waals surface area contributed by atoms with Crippen molar-refractivity contribution < 1.29 is 24.5 Å². The largest absolute Gasteiger partial charge is 0.507 e. The number of benzene rings is 3. The van der Waals surface area contributed by atoms with Crippen molar-refractivity contribution in [1.29, 1.82) is 0 Å². The van der Waals surface area contributed by atoms with E-state index in [0.29, 0.717) is 21.3 Å². The molecular formula is C21H13BrO5. The second-order valence-electron chi connectivity index (χ2n) is 6.12. The third-order valence-electron chi connectivity index (χ3n) is 4.60. The minimum absolute atomic E-state index is 0.0488. The van der Waals surface area contributed by atoms with Gasteiger partial charge in [0.25, 0.3) is 0 Å². The fourth-order valence-electron chi connectivity index (χ4n) is 3.29. The van der Waals surface area contributed by atoms with Gasteiger partial charge in [0.15, 0.2) is 11.6 Å². The Morgan fingerprint density at radius 3 is 2.11 bits per heavy atom. The number of fused-ring (bicyclic) bond motifs is 2. The second-order valence-corrected chi connectivity index (χ2v) is 7.03. The van der Waals surface area contributed by atoms with Crippen LogP contribution in [-0.4, -0.2) is 28.9 Å². The highest BCUT2D eigenvalue weighted by molar-refractivity contribution is 9.10. The summed E-state index contributed by atoms with van der Waals surface area (Å²) in [4.78, 5) is 25.8. The first-order valence-electron chi connectivity index (χ1n) is 8.04. The monoisotopic (exact) mass is 424 g/mol. The Hall–Kier alpha value is -3.12. The van der Waals surface area contributed by atoms with E-state index >= 15 is 0 Å². The molecule has 0 saturated carbocycles. The molecule has 3 aromatic carbocycles. The summed E-state index contributed by atoms with van der Waals surface area (Å²) in [5, 5.41) is 20.9. The predicted octanol–water partition coefficient (Wildman–Crippen LogP) is 4.31. The molecular weight excluding hydrogens is 412 g/mol. The number of halogens is 1. The third-order valence-corrected chi connectivity index (χ3v) is 5.06. The van der Waals surface area contributed by atoms with Crippen LogP contribution in [0.5, 0.6) is 17.2 Å². The lowest BCUT2D eigenvalue weighted by Crippen LogP contribution is -2.21. The lowest BCUT2D eigenvalue weighted by molar-refractivity contribution is 0.0974. The highest BCUT2D eigenvalue weighted by Gasteiger charge is 2.35. The number of hydrogen-bond donors (Lipinski definition) is 2. The van der Waals surface area contributed by atoms with Crippen LogP contribution < -0.4 is 4.74 Å². The number of carbonyl (C=O) groups is 2. The Labute approximate surface area is 163 Å². The summed E-state index contributed by atoms with van der Waals surface area (Å²) < 4.78 is 5.60. The SMILES string of the molecule is COc1ccc(-c2ccc3c(c2O)C(=O)c2cc(Br)cc(O)c2C3=O)cc1. The van der Waals surface area contributed by atoms with Gasteiger partial charge in [0, 0.05) is 21.2 Å². The molecule has 0 fully saturated rings. The third kappa shape index (κ3) is 2.61. The van der Waals surface area contributed by atoms with Crippen LogP contribution in [0.2, 0.25) is 0 Å². The van der Waals surface area contributed by atoms with Crippen LogP contribution in [0.15, 0.2) is 53.0 Å². The molecule has 27 heavy (non-hydrogen) atoms. The fraction of sp³-hybridized carbons (Fsp3) is 0.0476. The van der Waals surface area contributed by atoms with Gasteiger partial charge in [0.2, 0.25) is 0 Å². The van der Waals surface area contributed by atoms with Crippen molar-refractivity contribution in [1.82, 2.24) is 0 Å². The van der Waals surface area contributed by atoms with Gasteiger partial charge in [-0.05, 0) is 42.0 Å². The van der Waals surface area contributed by atoms with Crippen molar-refractivity contribution >= 4 is 27.5 Å². The summed E-state index contributed by atoms with van der Waals surface area (Å²) in [6, 6.07) is 12.9. The summed E-state index contributed by atoms with van der Waals surface area (Å²) in [5.74, 6) is -0.884. The van der Waals surface area contributed by atoms with Crippen molar-refractivity contribution in [3.63, 3.8) is 0 Å². The molecule has 0 saturated heterocycles. The Balaban J connectivity index is 1.92. The van der Waals surface area contributed by atoms with Gasteiger partial charge < -0.3 is 14.9 Å². The number of carbonyl (C=O) groups excluding carboxylic acids is 2. The summed E-state index contributed by atoms with van der Waals surface area (Å²) in [6.07, 6.45) is 0. The van der Waals surface area contributed by atoms with Gasteiger partial charge in [-0.2, -0.15) is 0 Å².